The van der Waals surface area contributed by atoms with E-state index in [0.717, 1.165) is 21.5 Å². The Morgan fingerprint density at radius 1 is 1.46 bits per heavy atom. The number of aryl methyl sites for hydroxylation is 1. The van der Waals surface area contributed by atoms with Crippen LogP contribution in [0.4, 0.5) is 5.95 Å². The number of nitrogens with one attached hydrogen (secondary N) is 1. The molecule has 0 amide bonds. The standard InChI is InChI=1S/C9H10BrN3/c1-11-9-12-7-5-3-4-6(10)8(7)13(9)2/h3-5H,1-2H3,(H,11,12). The Labute approximate surface area is 84.9 Å². The summed E-state index contributed by atoms with van der Waals surface area (Å²) < 4.78 is 3.10. The van der Waals surface area contributed by atoms with E-state index < -0.39 is 0 Å². The number of fused-ring (bicyclic) bond motifs is 1. The molecule has 1 N–H and O–H groups in total. The summed E-state index contributed by atoms with van der Waals surface area (Å²) in [5, 5.41) is 3.04. The van der Waals surface area contributed by atoms with Crippen molar-refractivity contribution in [3.8, 4) is 0 Å². The molecule has 0 saturated carbocycles. The van der Waals surface area contributed by atoms with E-state index in [1.807, 2.05) is 36.9 Å². The van der Waals surface area contributed by atoms with Crippen molar-refractivity contribution in [2.45, 2.75) is 0 Å². The molecule has 0 fully saturated rings. The molecule has 0 atom stereocenters. The van der Waals surface area contributed by atoms with Gasteiger partial charge in [0.05, 0.1) is 11.0 Å². The SMILES string of the molecule is CNc1nc2cccc(Br)c2n1C. The van der Waals surface area contributed by atoms with Gasteiger partial charge in [-0.3, -0.25) is 0 Å². The summed E-state index contributed by atoms with van der Waals surface area (Å²) in [6.07, 6.45) is 0. The topological polar surface area (TPSA) is 29.9 Å². The van der Waals surface area contributed by atoms with Crippen LogP contribution in [0.5, 0.6) is 0 Å². The number of imidazole rings is 1. The molecule has 0 unspecified atom stereocenters. The Morgan fingerprint density at radius 3 is 2.85 bits per heavy atom. The van der Waals surface area contributed by atoms with Crippen molar-refractivity contribution in [1.82, 2.24) is 9.55 Å². The Hall–Kier alpha value is -1.03. The van der Waals surface area contributed by atoms with E-state index in [9.17, 15) is 0 Å². The summed E-state index contributed by atoms with van der Waals surface area (Å²) in [7, 11) is 3.86. The Morgan fingerprint density at radius 2 is 2.23 bits per heavy atom. The second-order valence-electron chi connectivity index (χ2n) is 2.85. The number of hydrogen-bond acceptors (Lipinski definition) is 2. The molecule has 0 spiro atoms. The fourth-order valence-corrected chi connectivity index (χ4v) is 2.07. The van der Waals surface area contributed by atoms with E-state index in [1.54, 1.807) is 0 Å². The quantitative estimate of drug-likeness (QED) is 0.829. The number of para-hydroxylation sites is 1. The highest BCUT2D eigenvalue weighted by atomic mass is 79.9. The smallest absolute Gasteiger partial charge is 0.203 e. The molecule has 0 aliphatic heterocycles. The van der Waals surface area contributed by atoms with Crippen LogP contribution < -0.4 is 5.32 Å². The number of hydrogen-bond donors (Lipinski definition) is 1. The second-order valence-corrected chi connectivity index (χ2v) is 3.71. The van der Waals surface area contributed by atoms with Crippen LogP contribution in [0.2, 0.25) is 0 Å². The fraction of sp³-hybridized carbons (Fsp3) is 0.222. The van der Waals surface area contributed by atoms with Gasteiger partial charge in [-0.25, -0.2) is 4.98 Å². The van der Waals surface area contributed by atoms with Crippen LogP contribution in [-0.2, 0) is 7.05 Å². The van der Waals surface area contributed by atoms with Gasteiger partial charge >= 0.3 is 0 Å². The average Bonchev–Trinajstić information content (AvgIpc) is 2.44. The average molecular weight is 240 g/mol. The van der Waals surface area contributed by atoms with Gasteiger partial charge in [-0.15, -0.1) is 0 Å². The lowest BCUT2D eigenvalue weighted by atomic mass is 10.3. The first-order chi connectivity index (χ1) is 6.24. The number of benzene rings is 1. The largest absolute Gasteiger partial charge is 0.359 e. The predicted molar refractivity (Wildman–Crippen MR) is 58.0 cm³/mol. The third kappa shape index (κ3) is 1.21. The Bertz CT molecular complexity index is 447. The summed E-state index contributed by atoms with van der Waals surface area (Å²) in [6.45, 7) is 0. The van der Waals surface area contributed by atoms with Crippen molar-refractivity contribution in [1.29, 1.82) is 0 Å². The van der Waals surface area contributed by atoms with Crippen LogP contribution >= 0.6 is 15.9 Å². The molecule has 0 radical (unpaired) electrons. The summed E-state index contributed by atoms with van der Waals surface area (Å²) in [4.78, 5) is 4.41. The van der Waals surface area contributed by atoms with Gasteiger partial charge in [-0.2, -0.15) is 0 Å². The van der Waals surface area contributed by atoms with Crippen molar-refractivity contribution < 1.29 is 0 Å². The first kappa shape index (κ1) is 8.56. The lowest BCUT2D eigenvalue weighted by Crippen LogP contribution is -1.97. The molecule has 2 rings (SSSR count). The van der Waals surface area contributed by atoms with Crippen LogP contribution in [0, 0.1) is 0 Å². The molecule has 13 heavy (non-hydrogen) atoms. The molecule has 68 valence electrons. The van der Waals surface area contributed by atoms with Crippen molar-refractivity contribution >= 4 is 32.9 Å². The summed E-state index contributed by atoms with van der Waals surface area (Å²) in [5.74, 6) is 0.877. The molecule has 1 aromatic heterocycles. The molecular weight excluding hydrogens is 230 g/mol. The van der Waals surface area contributed by atoms with Crippen LogP contribution in [0.25, 0.3) is 11.0 Å². The lowest BCUT2D eigenvalue weighted by Gasteiger charge is -2.00. The summed E-state index contributed by atoms with van der Waals surface area (Å²) in [5.41, 5.74) is 2.12. The zero-order chi connectivity index (χ0) is 9.42. The molecule has 0 saturated heterocycles. The van der Waals surface area contributed by atoms with E-state index in [1.165, 1.54) is 0 Å². The Balaban J connectivity index is 2.85. The zero-order valence-electron chi connectivity index (χ0n) is 7.50. The third-order valence-corrected chi connectivity index (χ3v) is 2.71. The van der Waals surface area contributed by atoms with Crippen molar-refractivity contribution in [2.24, 2.45) is 7.05 Å². The first-order valence-electron chi connectivity index (χ1n) is 4.02. The molecule has 3 nitrogen and oxygen atoms in total. The van der Waals surface area contributed by atoms with Gasteiger partial charge in [0.25, 0.3) is 0 Å². The molecule has 0 aliphatic carbocycles. The van der Waals surface area contributed by atoms with E-state index in [-0.39, 0.29) is 0 Å². The lowest BCUT2D eigenvalue weighted by molar-refractivity contribution is 0.950. The zero-order valence-corrected chi connectivity index (χ0v) is 9.09. The maximum absolute atomic E-state index is 4.41. The summed E-state index contributed by atoms with van der Waals surface area (Å²) in [6, 6.07) is 6.00. The molecular formula is C9H10BrN3. The number of anilines is 1. The van der Waals surface area contributed by atoms with Gasteiger partial charge in [0.15, 0.2) is 0 Å². The maximum atomic E-state index is 4.41. The number of halogens is 1. The van der Waals surface area contributed by atoms with Gasteiger partial charge in [0.2, 0.25) is 5.95 Å². The van der Waals surface area contributed by atoms with Gasteiger partial charge in [0, 0.05) is 18.6 Å². The van der Waals surface area contributed by atoms with Crippen LogP contribution in [-0.4, -0.2) is 16.6 Å². The third-order valence-electron chi connectivity index (χ3n) is 2.07. The molecule has 4 heteroatoms. The minimum atomic E-state index is 0.877. The van der Waals surface area contributed by atoms with Crippen LogP contribution in [0.3, 0.4) is 0 Å². The van der Waals surface area contributed by atoms with Crippen LogP contribution in [0.1, 0.15) is 0 Å². The van der Waals surface area contributed by atoms with E-state index in [2.05, 4.69) is 26.2 Å². The van der Waals surface area contributed by atoms with Crippen LogP contribution in [0.15, 0.2) is 22.7 Å². The van der Waals surface area contributed by atoms with E-state index in [4.69, 9.17) is 0 Å². The predicted octanol–water partition coefficient (Wildman–Crippen LogP) is 2.38. The van der Waals surface area contributed by atoms with Gasteiger partial charge in [0.1, 0.15) is 0 Å². The summed E-state index contributed by atoms with van der Waals surface area (Å²) >= 11 is 3.50. The number of nitrogens with zero attached hydrogens (tertiary/aromatic N) is 2. The highest BCUT2D eigenvalue weighted by Gasteiger charge is 2.07. The van der Waals surface area contributed by atoms with E-state index in [0.29, 0.717) is 0 Å². The maximum Gasteiger partial charge on any atom is 0.203 e. The molecule has 1 aromatic carbocycles. The van der Waals surface area contributed by atoms with Gasteiger partial charge < -0.3 is 9.88 Å². The molecule has 0 bridgehead atoms. The van der Waals surface area contributed by atoms with E-state index >= 15 is 0 Å². The van der Waals surface area contributed by atoms with Crippen molar-refractivity contribution in [2.75, 3.05) is 12.4 Å². The molecule has 0 aliphatic rings. The minimum Gasteiger partial charge on any atom is -0.359 e. The number of aromatic nitrogens is 2. The molecule has 2 aromatic rings. The Kier molecular flexibility index (Phi) is 2.00. The van der Waals surface area contributed by atoms with Gasteiger partial charge in [-0.05, 0) is 28.1 Å². The monoisotopic (exact) mass is 239 g/mol. The normalized spacial score (nSPS) is 10.7. The number of rotatable bonds is 1. The minimum absolute atomic E-state index is 0.877. The highest BCUT2D eigenvalue weighted by Crippen LogP contribution is 2.25. The molecule has 1 heterocycles. The van der Waals surface area contributed by atoms with Crippen molar-refractivity contribution in [3.63, 3.8) is 0 Å². The van der Waals surface area contributed by atoms with Crippen molar-refractivity contribution in [3.05, 3.63) is 22.7 Å². The fourth-order valence-electron chi connectivity index (χ4n) is 1.44. The first-order valence-corrected chi connectivity index (χ1v) is 4.82. The second kappa shape index (κ2) is 3.03. The van der Waals surface area contributed by atoms with Gasteiger partial charge in [-0.1, -0.05) is 6.07 Å². The highest BCUT2D eigenvalue weighted by molar-refractivity contribution is 9.10.